The number of ether oxygens (including phenoxy) is 2. The maximum Gasteiger partial charge on any atom is 0.469 e. The first-order chi connectivity index (χ1) is 14.8. The summed E-state index contributed by atoms with van der Waals surface area (Å²) in [6.45, 7) is 3.19. The summed E-state index contributed by atoms with van der Waals surface area (Å²) in [6.07, 6.45) is 15.4. The monoisotopic (exact) mass is 464 g/mol. The van der Waals surface area contributed by atoms with Crippen LogP contribution in [-0.4, -0.2) is 41.0 Å². The predicted octanol–water partition coefficient (Wildman–Crippen LogP) is 5.22. The zero-order valence-electron chi connectivity index (χ0n) is 19.1. The SMILES string of the molecule is CCCCC/C=C\CCCCCCCC(=O)O[C@H](COC(=O)CCC)COP(=O)(O)O. The third kappa shape index (κ3) is 21.8. The number of allylic oxidation sites excluding steroid dienone is 2. The molecule has 0 radical (unpaired) electrons. The highest BCUT2D eigenvalue weighted by Gasteiger charge is 2.22. The van der Waals surface area contributed by atoms with Crippen molar-refractivity contribution in [3.05, 3.63) is 12.2 Å². The summed E-state index contributed by atoms with van der Waals surface area (Å²) in [4.78, 5) is 41.1. The number of phosphoric acid groups is 1. The molecule has 0 saturated heterocycles. The Balaban J connectivity index is 3.99. The van der Waals surface area contributed by atoms with Crippen molar-refractivity contribution in [3.63, 3.8) is 0 Å². The van der Waals surface area contributed by atoms with E-state index in [0.29, 0.717) is 12.8 Å². The van der Waals surface area contributed by atoms with E-state index in [2.05, 4.69) is 23.6 Å². The first kappa shape index (κ1) is 29.8. The average molecular weight is 465 g/mol. The minimum Gasteiger partial charge on any atom is -0.462 e. The van der Waals surface area contributed by atoms with Gasteiger partial charge in [0.15, 0.2) is 6.10 Å². The molecule has 0 heterocycles. The van der Waals surface area contributed by atoms with Crippen molar-refractivity contribution in [3.8, 4) is 0 Å². The molecular formula is C22H41O8P. The number of hydrogen-bond donors (Lipinski definition) is 2. The minimum absolute atomic E-state index is 0.201. The van der Waals surface area contributed by atoms with Gasteiger partial charge in [-0.25, -0.2) is 4.57 Å². The van der Waals surface area contributed by atoms with Crippen LogP contribution in [0, 0.1) is 0 Å². The normalized spacial score (nSPS) is 12.8. The molecule has 2 N–H and O–H groups in total. The van der Waals surface area contributed by atoms with Gasteiger partial charge in [-0.2, -0.15) is 0 Å². The molecule has 182 valence electrons. The van der Waals surface area contributed by atoms with E-state index in [1.807, 2.05) is 6.92 Å². The molecule has 0 aliphatic heterocycles. The number of esters is 2. The Hall–Kier alpha value is -1.21. The maximum absolute atomic E-state index is 12.0. The molecule has 0 amide bonds. The molecule has 9 heteroatoms. The largest absolute Gasteiger partial charge is 0.469 e. The molecule has 0 aliphatic rings. The van der Waals surface area contributed by atoms with Gasteiger partial charge in [0.1, 0.15) is 6.61 Å². The predicted molar refractivity (Wildman–Crippen MR) is 119 cm³/mol. The van der Waals surface area contributed by atoms with Crippen LogP contribution in [-0.2, 0) is 28.2 Å². The maximum atomic E-state index is 12.0. The second kappa shape index (κ2) is 19.5. The fourth-order valence-corrected chi connectivity index (χ4v) is 3.17. The van der Waals surface area contributed by atoms with Gasteiger partial charge in [-0.05, 0) is 38.5 Å². The standard InChI is InChI=1S/C22H41O8P/c1-3-5-6-7-8-9-10-11-12-13-14-15-17-22(24)30-20(19-29-31(25,26)27)18-28-21(23)16-4-2/h8-9,20H,3-7,10-19H2,1-2H3,(H2,25,26,27)/b9-8-/t20-/m1/s1. The Labute approximate surface area is 187 Å². The van der Waals surface area contributed by atoms with Gasteiger partial charge >= 0.3 is 19.8 Å². The van der Waals surface area contributed by atoms with Crippen LogP contribution >= 0.6 is 7.82 Å². The Kier molecular flexibility index (Phi) is 18.7. The molecule has 0 rings (SSSR count). The molecule has 0 aromatic carbocycles. The van der Waals surface area contributed by atoms with Crippen molar-refractivity contribution in [1.29, 1.82) is 0 Å². The van der Waals surface area contributed by atoms with Crippen LogP contribution in [0.1, 0.15) is 97.3 Å². The van der Waals surface area contributed by atoms with E-state index >= 15 is 0 Å². The summed E-state index contributed by atoms with van der Waals surface area (Å²) in [7, 11) is -4.71. The summed E-state index contributed by atoms with van der Waals surface area (Å²) in [5, 5.41) is 0. The Bertz CT molecular complexity index is 544. The van der Waals surface area contributed by atoms with Gasteiger partial charge in [0.25, 0.3) is 0 Å². The van der Waals surface area contributed by atoms with Crippen LogP contribution in [0.5, 0.6) is 0 Å². The van der Waals surface area contributed by atoms with E-state index in [1.165, 1.54) is 19.3 Å². The van der Waals surface area contributed by atoms with Crippen molar-refractivity contribution in [2.24, 2.45) is 0 Å². The summed E-state index contributed by atoms with van der Waals surface area (Å²) >= 11 is 0. The molecule has 0 spiro atoms. The van der Waals surface area contributed by atoms with Crippen molar-refractivity contribution >= 4 is 19.8 Å². The third-order valence-corrected chi connectivity index (χ3v) is 4.99. The van der Waals surface area contributed by atoms with Gasteiger partial charge < -0.3 is 19.3 Å². The molecule has 0 aromatic heterocycles. The smallest absolute Gasteiger partial charge is 0.462 e. The van der Waals surface area contributed by atoms with Gasteiger partial charge in [0, 0.05) is 12.8 Å². The molecule has 0 bridgehead atoms. The molecule has 0 unspecified atom stereocenters. The lowest BCUT2D eigenvalue weighted by atomic mass is 10.1. The van der Waals surface area contributed by atoms with E-state index in [0.717, 1.165) is 38.5 Å². The number of hydrogen-bond acceptors (Lipinski definition) is 6. The summed E-state index contributed by atoms with van der Waals surface area (Å²) in [5.41, 5.74) is 0. The van der Waals surface area contributed by atoms with Crippen LogP contribution in [0.3, 0.4) is 0 Å². The van der Waals surface area contributed by atoms with Crippen molar-refractivity contribution in [1.82, 2.24) is 0 Å². The van der Waals surface area contributed by atoms with Crippen LogP contribution < -0.4 is 0 Å². The highest BCUT2D eigenvalue weighted by atomic mass is 31.2. The number of phosphoric ester groups is 1. The Morgan fingerprint density at radius 2 is 1.42 bits per heavy atom. The first-order valence-electron chi connectivity index (χ1n) is 11.5. The fourth-order valence-electron chi connectivity index (χ4n) is 2.81. The molecular weight excluding hydrogens is 423 g/mol. The lowest BCUT2D eigenvalue weighted by molar-refractivity contribution is -0.161. The number of unbranched alkanes of at least 4 members (excludes halogenated alkanes) is 8. The van der Waals surface area contributed by atoms with Crippen molar-refractivity contribution in [2.75, 3.05) is 13.2 Å². The second-order valence-corrected chi connectivity index (χ2v) is 8.84. The molecule has 0 aromatic rings. The van der Waals surface area contributed by atoms with E-state index < -0.39 is 32.5 Å². The quantitative estimate of drug-likeness (QED) is 0.109. The zero-order valence-corrected chi connectivity index (χ0v) is 20.0. The lowest BCUT2D eigenvalue weighted by Crippen LogP contribution is -2.29. The van der Waals surface area contributed by atoms with Gasteiger partial charge in [-0.1, -0.05) is 58.1 Å². The molecule has 1 atom stereocenters. The van der Waals surface area contributed by atoms with Crippen molar-refractivity contribution < 1.29 is 37.9 Å². The topological polar surface area (TPSA) is 119 Å². The lowest BCUT2D eigenvalue weighted by Gasteiger charge is -2.18. The van der Waals surface area contributed by atoms with Crippen LogP contribution in [0.4, 0.5) is 0 Å². The molecule has 0 saturated carbocycles. The van der Waals surface area contributed by atoms with E-state index in [1.54, 1.807) is 0 Å². The van der Waals surface area contributed by atoms with Crippen molar-refractivity contribution in [2.45, 2.75) is 103 Å². The van der Waals surface area contributed by atoms with Gasteiger partial charge in [-0.3, -0.25) is 14.1 Å². The number of carbonyl (C=O) groups is 2. The number of carbonyl (C=O) groups excluding carboxylic acids is 2. The zero-order chi connectivity index (χ0) is 23.4. The Morgan fingerprint density at radius 3 is 2.03 bits per heavy atom. The highest BCUT2D eigenvalue weighted by Crippen LogP contribution is 2.35. The van der Waals surface area contributed by atoms with Gasteiger partial charge in [0.05, 0.1) is 6.61 Å². The highest BCUT2D eigenvalue weighted by molar-refractivity contribution is 7.46. The Morgan fingerprint density at radius 1 is 0.806 bits per heavy atom. The minimum atomic E-state index is -4.71. The second-order valence-electron chi connectivity index (χ2n) is 7.60. The number of rotatable bonds is 20. The molecule has 0 fully saturated rings. The van der Waals surface area contributed by atoms with E-state index in [9.17, 15) is 14.2 Å². The summed E-state index contributed by atoms with van der Waals surface area (Å²) in [5.74, 6) is -0.962. The van der Waals surface area contributed by atoms with Crippen LogP contribution in [0.25, 0.3) is 0 Å². The van der Waals surface area contributed by atoms with Crippen LogP contribution in [0.15, 0.2) is 12.2 Å². The third-order valence-electron chi connectivity index (χ3n) is 4.50. The summed E-state index contributed by atoms with van der Waals surface area (Å²) in [6, 6.07) is 0. The fraction of sp³-hybridized carbons (Fsp3) is 0.818. The van der Waals surface area contributed by atoms with Crippen LogP contribution in [0.2, 0.25) is 0 Å². The first-order valence-corrected chi connectivity index (χ1v) is 13.0. The van der Waals surface area contributed by atoms with Gasteiger partial charge in [0.2, 0.25) is 0 Å². The van der Waals surface area contributed by atoms with Gasteiger partial charge in [-0.15, -0.1) is 0 Å². The average Bonchev–Trinajstić information content (AvgIpc) is 2.70. The molecule has 0 aliphatic carbocycles. The summed E-state index contributed by atoms with van der Waals surface area (Å²) < 4.78 is 25.4. The molecule has 31 heavy (non-hydrogen) atoms. The molecule has 8 nitrogen and oxygen atoms in total. The van der Waals surface area contributed by atoms with E-state index in [-0.39, 0.29) is 19.4 Å². The van der Waals surface area contributed by atoms with E-state index in [4.69, 9.17) is 19.3 Å².